The van der Waals surface area contributed by atoms with Crippen LogP contribution in [0.25, 0.3) is 11.6 Å². The van der Waals surface area contributed by atoms with Crippen molar-refractivity contribution in [2.75, 3.05) is 6.54 Å². The average Bonchev–Trinajstić information content (AvgIpc) is 2.65. The van der Waals surface area contributed by atoms with E-state index in [-0.39, 0.29) is 16.9 Å². The van der Waals surface area contributed by atoms with E-state index in [2.05, 4.69) is 83.2 Å². The minimum Gasteiger partial charge on any atom is -0.329 e. The molecule has 2 aromatic rings. The minimum absolute atomic E-state index is 0.0876. The lowest BCUT2D eigenvalue weighted by atomic mass is 9.63. The van der Waals surface area contributed by atoms with Crippen LogP contribution in [0.2, 0.25) is 0 Å². The first kappa shape index (κ1) is 19.9. The summed E-state index contributed by atoms with van der Waals surface area (Å²) in [6.07, 6.45) is 4.74. The van der Waals surface area contributed by atoms with Gasteiger partial charge >= 0.3 is 0 Å². The van der Waals surface area contributed by atoms with Gasteiger partial charge in [-0.05, 0) is 64.0 Å². The Kier molecular flexibility index (Phi) is 5.33. The molecule has 0 amide bonds. The molecule has 1 atom stereocenters. The minimum atomic E-state index is -0.0876. The van der Waals surface area contributed by atoms with Crippen LogP contribution in [0.4, 0.5) is 0 Å². The Morgan fingerprint density at radius 3 is 2.15 bits per heavy atom. The molecule has 0 saturated carbocycles. The normalized spacial score (nSPS) is 19.4. The van der Waals surface area contributed by atoms with Crippen LogP contribution in [-0.4, -0.2) is 6.54 Å². The van der Waals surface area contributed by atoms with Crippen LogP contribution < -0.4 is 11.5 Å². The van der Waals surface area contributed by atoms with Crippen LogP contribution >= 0.6 is 0 Å². The molecule has 2 heteroatoms. The molecule has 0 saturated heterocycles. The second-order valence-electron chi connectivity index (χ2n) is 9.36. The molecule has 0 aliphatic heterocycles. The van der Waals surface area contributed by atoms with Gasteiger partial charge in [0.25, 0.3) is 0 Å². The predicted molar refractivity (Wildman–Crippen MR) is 118 cm³/mol. The largest absolute Gasteiger partial charge is 0.329 e. The first-order chi connectivity index (χ1) is 12.6. The fourth-order valence-corrected chi connectivity index (χ4v) is 4.14. The van der Waals surface area contributed by atoms with Crippen molar-refractivity contribution in [3.05, 3.63) is 70.3 Å². The zero-order valence-electron chi connectivity index (χ0n) is 17.5. The van der Waals surface area contributed by atoms with E-state index < -0.39 is 0 Å². The maximum absolute atomic E-state index is 6.01. The van der Waals surface area contributed by atoms with Gasteiger partial charge in [0.2, 0.25) is 0 Å². The van der Waals surface area contributed by atoms with Gasteiger partial charge in [-0.1, -0.05) is 76.2 Å². The Balaban J connectivity index is 1.94. The smallest absolute Gasteiger partial charge is 0.0419 e. The number of hydrogen-bond acceptors (Lipinski definition) is 2. The lowest BCUT2D eigenvalue weighted by Crippen LogP contribution is -2.33. The fourth-order valence-electron chi connectivity index (χ4n) is 4.14. The summed E-state index contributed by atoms with van der Waals surface area (Å²) < 4.78 is 0. The molecule has 3 rings (SSSR count). The molecule has 0 bridgehead atoms. The molecular formula is C25H34N2. The van der Waals surface area contributed by atoms with Crippen LogP contribution in [0.3, 0.4) is 0 Å². The summed E-state index contributed by atoms with van der Waals surface area (Å²) in [6, 6.07) is 15.4. The molecule has 0 aromatic heterocycles. The molecule has 1 aliphatic rings. The monoisotopic (exact) mass is 362 g/mol. The van der Waals surface area contributed by atoms with E-state index in [1.54, 1.807) is 0 Å². The van der Waals surface area contributed by atoms with Crippen LogP contribution in [0.1, 0.15) is 81.3 Å². The highest BCUT2D eigenvalue weighted by Gasteiger charge is 2.36. The van der Waals surface area contributed by atoms with Gasteiger partial charge in [0.1, 0.15) is 0 Å². The molecule has 0 radical (unpaired) electrons. The Labute approximate surface area is 164 Å². The summed E-state index contributed by atoms with van der Waals surface area (Å²) in [5.41, 5.74) is 20.1. The molecule has 1 unspecified atom stereocenters. The number of hydrogen-bond donors (Lipinski definition) is 2. The van der Waals surface area contributed by atoms with Crippen LogP contribution in [0.15, 0.2) is 42.5 Å². The maximum Gasteiger partial charge on any atom is 0.0419 e. The van der Waals surface area contributed by atoms with Gasteiger partial charge in [-0.15, -0.1) is 0 Å². The molecule has 2 nitrogen and oxygen atoms in total. The molecule has 144 valence electrons. The van der Waals surface area contributed by atoms with Gasteiger partial charge in [-0.25, -0.2) is 0 Å². The van der Waals surface area contributed by atoms with Crippen molar-refractivity contribution in [2.45, 2.75) is 64.3 Å². The second kappa shape index (κ2) is 7.26. The average molecular weight is 363 g/mol. The van der Waals surface area contributed by atoms with Crippen molar-refractivity contribution in [3.8, 4) is 0 Å². The van der Waals surface area contributed by atoms with Gasteiger partial charge in [0.05, 0.1) is 0 Å². The first-order valence-corrected chi connectivity index (χ1v) is 10.0. The molecule has 0 heterocycles. The molecule has 0 fully saturated rings. The molecule has 27 heavy (non-hydrogen) atoms. The quantitative estimate of drug-likeness (QED) is 0.700. The Morgan fingerprint density at radius 2 is 1.56 bits per heavy atom. The van der Waals surface area contributed by atoms with E-state index in [9.17, 15) is 0 Å². The highest BCUT2D eigenvalue weighted by atomic mass is 14.7. The standard InChI is InChI=1S/C25H34N2/c1-17(14-18-6-8-19(9-7-18)23(27)16-26)20-10-11-21-22(15-20)25(4,5)13-12-24(21,2)3/h6-11,14-15,23H,12-13,16,26-27H2,1-5H3. The molecule has 4 N–H and O–H groups in total. The van der Waals surface area contributed by atoms with Crippen molar-refractivity contribution < 1.29 is 0 Å². The van der Waals surface area contributed by atoms with Crippen molar-refractivity contribution in [1.29, 1.82) is 0 Å². The van der Waals surface area contributed by atoms with Gasteiger partial charge in [0, 0.05) is 12.6 Å². The molecule has 1 aliphatic carbocycles. The number of rotatable bonds is 4. The van der Waals surface area contributed by atoms with Crippen LogP contribution in [0.5, 0.6) is 0 Å². The van der Waals surface area contributed by atoms with Crippen molar-refractivity contribution in [3.63, 3.8) is 0 Å². The molecular weight excluding hydrogens is 328 g/mol. The first-order valence-electron chi connectivity index (χ1n) is 10.0. The summed E-state index contributed by atoms with van der Waals surface area (Å²) in [7, 11) is 0. The van der Waals surface area contributed by atoms with Crippen LogP contribution in [0, 0.1) is 0 Å². The summed E-state index contributed by atoms with van der Waals surface area (Å²) in [5.74, 6) is 0. The van der Waals surface area contributed by atoms with Gasteiger partial charge in [-0.3, -0.25) is 0 Å². The summed E-state index contributed by atoms with van der Waals surface area (Å²) in [5, 5.41) is 0. The lowest BCUT2D eigenvalue weighted by molar-refractivity contribution is 0.332. The predicted octanol–water partition coefficient (Wildman–Crippen LogP) is 5.55. The third-order valence-electron chi connectivity index (χ3n) is 6.31. The Hall–Kier alpha value is -1.90. The second-order valence-corrected chi connectivity index (χ2v) is 9.36. The third kappa shape index (κ3) is 4.02. The Bertz CT molecular complexity index is 841. The lowest BCUT2D eigenvalue weighted by Gasteiger charge is -2.42. The zero-order chi connectivity index (χ0) is 19.8. The third-order valence-corrected chi connectivity index (χ3v) is 6.31. The Morgan fingerprint density at radius 1 is 0.963 bits per heavy atom. The number of nitrogens with two attached hydrogens (primary N) is 2. The van der Waals surface area contributed by atoms with Gasteiger partial charge < -0.3 is 11.5 Å². The number of benzene rings is 2. The van der Waals surface area contributed by atoms with Gasteiger partial charge in [-0.2, -0.15) is 0 Å². The summed E-state index contributed by atoms with van der Waals surface area (Å²) in [6.45, 7) is 12.2. The van der Waals surface area contributed by atoms with Gasteiger partial charge in [0.15, 0.2) is 0 Å². The molecule has 0 spiro atoms. The van der Waals surface area contributed by atoms with E-state index in [4.69, 9.17) is 11.5 Å². The summed E-state index contributed by atoms with van der Waals surface area (Å²) in [4.78, 5) is 0. The van der Waals surface area contributed by atoms with E-state index in [0.29, 0.717) is 6.54 Å². The fraction of sp³-hybridized carbons (Fsp3) is 0.440. The van der Waals surface area contributed by atoms with Crippen molar-refractivity contribution >= 4 is 11.6 Å². The number of fused-ring (bicyclic) bond motifs is 1. The van der Waals surface area contributed by atoms with Crippen LogP contribution in [-0.2, 0) is 10.8 Å². The topological polar surface area (TPSA) is 52.0 Å². The van der Waals surface area contributed by atoms with Crippen molar-refractivity contribution in [2.24, 2.45) is 11.5 Å². The maximum atomic E-state index is 6.01. The zero-order valence-corrected chi connectivity index (χ0v) is 17.5. The van der Waals surface area contributed by atoms with E-state index in [0.717, 1.165) is 5.56 Å². The van der Waals surface area contributed by atoms with E-state index >= 15 is 0 Å². The summed E-state index contributed by atoms with van der Waals surface area (Å²) >= 11 is 0. The molecule has 2 aromatic carbocycles. The SMILES string of the molecule is CC(=Cc1ccc(C(N)CN)cc1)c1ccc2c(c1)C(C)(C)CCC2(C)C. The van der Waals surface area contributed by atoms with E-state index in [1.807, 2.05) is 0 Å². The highest BCUT2D eigenvalue weighted by Crippen LogP contribution is 2.46. The number of allylic oxidation sites excluding steroid dienone is 1. The highest BCUT2D eigenvalue weighted by molar-refractivity contribution is 5.80. The van der Waals surface area contributed by atoms with E-state index in [1.165, 1.54) is 40.7 Å². The van der Waals surface area contributed by atoms with Crippen molar-refractivity contribution in [1.82, 2.24) is 0 Å².